The molecule has 2 aromatic rings. The molecule has 7 heteroatoms. The molecule has 5 nitrogen and oxygen atoms in total. The van der Waals surface area contributed by atoms with Crippen LogP contribution >= 0.6 is 28.1 Å². The van der Waals surface area contributed by atoms with Crippen molar-refractivity contribution in [2.75, 3.05) is 18.5 Å². The molecule has 0 spiro atoms. The third kappa shape index (κ3) is 5.71. The number of rotatable bonds is 7. The van der Waals surface area contributed by atoms with Crippen molar-refractivity contribution >= 4 is 44.9 Å². The molecule has 0 unspecified atom stereocenters. The van der Waals surface area contributed by atoms with Gasteiger partial charge in [0.05, 0.1) is 24.5 Å². The van der Waals surface area contributed by atoms with Crippen LogP contribution in [0.1, 0.15) is 30.6 Å². The van der Waals surface area contributed by atoms with Crippen molar-refractivity contribution in [3.63, 3.8) is 0 Å². The first-order valence-electron chi connectivity index (χ1n) is 8.31. The molecule has 0 aliphatic carbocycles. The maximum absolute atomic E-state index is 12.6. The van der Waals surface area contributed by atoms with Crippen molar-refractivity contribution in [2.24, 2.45) is 0 Å². The second kappa shape index (κ2) is 10.1. The van der Waals surface area contributed by atoms with E-state index >= 15 is 0 Å². The molecule has 0 aliphatic heterocycles. The zero-order valence-electron chi connectivity index (χ0n) is 14.7. The summed E-state index contributed by atoms with van der Waals surface area (Å²) in [4.78, 5) is 12.6. The molecule has 1 amide bonds. The lowest BCUT2D eigenvalue weighted by atomic mass is 10.2. The van der Waals surface area contributed by atoms with Gasteiger partial charge in [0.1, 0.15) is 11.5 Å². The van der Waals surface area contributed by atoms with Gasteiger partial charge < -0.3 is 14.8 Å². The number of hydrogen-bond donors (Lipinski definition) is 2. The van der Waals surface area contributed by atoms with E-state index in [1.165, 1.54) is 0 Å². The highest BCUT2D eigenvalue weighted by Gasteiger charge is 2.15. The molecule has 0 bridgehead atoms. The Kier molecular flexibility index (Phi) is 7.87. The van der Waals surface area contributed by atoms with Crippen molar-refractivity contribution in [1.82, 2.24) is 5.32 Å². The predicted molar refractivity (Wildman–Crippen MR) is 111 cm³/mol. The highest BCUT2D eigenvalue weighted by molar-refractivity contribution is 9.10. The van der Waals surface area contributed by atoms with E-state index in [9.17, 15) is 4.79 Å². The quantitative estimate of drug-likeness (QED) is 0.612. The molecule has 0 fully saturated rings. The number of ether oxygens (including phenoxy) is 2. The molecular weight excluding hydrogens is 416 g/mol. The molecular formula is C19H21BrN2O3S. The van der Waals surface area contributed by atoms with Crippen LogP contribution in [0.2, 0.25) is 0 Å². The van der Waals surface area contributed by atoms with E-state index in [4.69, 9.17) is 21.7 Å². The van der Waals surface area contributed by atoms with Crippen molar-refractivity contribution in [1.29, 1.82) is 0 Å². The lowest BCUT2D eigenvalue weighted by Gasteiger charge is -2.15. The molecule has 2 N–H and O–H groups in total. The van der Waals surface area contributed by atoms with Crippen molar-refractivity contribution in [3.8, 4) is 11.5 Å². The molecule has 2 aromatic carbocycles. The van der Waals surface area contributed by atoms with Crippen LogP contribution in [0.5, 0.6) is 11.5 Å². The summed E-state index contributed by atoms with van der Waals surface area (Å²) in [7, 11) is 0. The van der Waals surface area contributed by atoms with Crippen LogP contribution in [0, 0.1) is 0 Å². The van der Waals surface area contributed by atoms with Crippen LogP contribution in [0.4, 0.5) is 5.69 Å². The number of anilines is 1. The number of hydrogen-bond acceptors (Lipinski definition) is 4. The predicted octanol–water partition coefficient (Wildman–Crippen LogP) is 4.76. The monoisotopic (exact) mass is 436 g/mol. The van der Waals surface area contributed by atoms with E-state index in [1.807, 2.05) is 44.2 Å². The standard InChI is InChI=1S/C19H21BrN2O3S/c1-3-11-25-16-10-9-13(20)12-14(16)18(23)22-19(26)21-15-7-5-6-8-17(15)24-4-2/h5-10,12H,3-4,11H2,1-2H3,(H2,21,22,23,26). The number of carbonyl (C=O) groups excluding carboxylic acids is 1. The van der Waals surface area contributed by atoms with Gasteiger partial charge in [-0.15, -0.1) is 0 Å². The van der Waals surface area contributed by atoms with Gasteiger partial charge in [0.15, 0.2) is 5.11 Å². The van der Waals surface area contributed by atoms with Crippen molar-refractivity contribution in [3.05, 3.63) is 52.5 Å². The number of amides is 1. The summed E-state index contributed by atoms with van der Waals surface area (Å²) in [5.74, 6) is 0.842. The first kappa shape index (κ1) is 20.2. The Morgan fingerprint density at radius 2 is 1.88 bits per heavy atom. The summed E-state index contributed by atoms with van der Waals surface area (Å²) in [6.07, 6.45) is 0.852. The van der Waals surface area contributed by atoms with Gasteiger partial charge in [-0.2, -0.15) is 0 Å². The summed E-state index contributed by atoms with van der Waals surface area (Å²) < 4.78 is 12.0. The zero-order valence-corrected chi connectivity index (χ0v) is 17.1. The molecule has 0 atom stereocenters. The lowest BCUT2D eigenvalue weighted by molar-refractivity contribution is 0.0973. The fraction of sp³-hybridized carbons (Fsp3) is 0.263. The zero-order chi connectivity index (χ0) is 18.9. The van der Waals surface area contributed by atoms with Gasteiger partial charge >= 0.3 is 0 Å². The number of halogens is 1. The number of carbonyl (C=O) groups is 1. The van der Waals surface area contributed by atoms with Gasteiger partial charge in [0.25, 0.3) is 5.91 Å². The van der Waals surface area contributed by atoms with Gasteiger partial charge in [0.2, 0.25) is 0 Å². The normalized spacial score (nSPS) is 10.1. The Labute approximate surface area is 167 Å². The van der Waals surface area contributed by atoms with Gasteiger partial charge in [-0.05, 0) is 55.9 Å². The average Bonchev–Trinajstić information content (AvgIpc) is 2.62. The van der Waals surface area contributed by atoms with E-state index in [0.717, 1.165) is 10.9 Å². The first-order valence-corrected chi connectivity index (χ1v) is 9.51. The van der Waals surface area contributed by atoms with Gasteiger partial charge in [-0.1, -0.05) is 35.0 Å². The SMILES string of the molecule is CCCOc1ccc(Br)cc1C(=O)NC(=S)Nc1ccccc1OCC. The smallest absolute Gasteiger partial charge is 0.261 e. The highest BCUT2D eigenvalue weighted by atomic mass is 79.9. The summed E-state index contributed by atoms with van der Waals surface area (Å²) in [6, 6.07) is 12.7. The fourth-order valence-electron chi connectivity index (χ4n) is 2.19. The molecule has 0 heterocycles. The van der Waals surface area contributed by atoms with Gasteiger partial charge in [-0.3, -0.25) is 10.1 Å². The van der Waals surface area contributed by atoms with Gasteiger partial charge in [-0.25, -0.2) is 0 Å². The van der Waals surface area contributed by atoms with Crippen LogP contribution in [-0.2, 0) is 0 Å². The minimum Gasteiger partial charge on any atom is -0.493 e. The molecule has 0 aromatic heterocycles. The fourth-order valence-corrected chi connectivity index (χ4v) is 2.76. The summed E-state index contributed by atoms with van der Waals surface area (Å²) in [5, 5.41) is 5.86. The van der Waals surface area contributed by atoms with E-state index < -0.39 is 0 Å². The van der Waals surface area contributed by atoms with Crippen LogP contribution in [0.15, 0.2) is 46.9 Å². The van der Waals surface area contributed by atoms with Crippen LogP contribution in [0.25, 0.3) is 0 Å². The maximum Gasteiger partial charge on any atom is 0.261 e. The molecule has 0 saturated carbocycles. The lowest BCUT2D eigenvalue weighted by Crippen LogP contribution is -2.34. The Morgan fingerprint density at radius 1 is 1.12 bits per heavy atom. The molecule has 2 rings (SSSR count). The second-order valence-corrected chi connectivity index (χ2v) is 6.65. The van der Waals surface area contributed by atoms with Crippen molar-refractivity contribution < 1.29 is 14.3 Å². The Morgan fingerprint density at radius 3 is 2.62 bits per heavy atom. The molecule has 138 valence electrons. The van der Waals surface area contributed by atoms with Crippen LogP contribution < -0.4 is 20.1 Å². The minimum atomic E-state index is -0.344. The number of para-hydroxylation sites is 2. The Bertz CT molecular complexity index is 783. The molecule has 0 aliphatic rings. The number of nitrogens with one attached hydrogen (secondary N) is 2. The van der Waals surface area contributed by atoms with E-state index in [0.29, 0.717) is 36.0 Å². The van der Waals surface area contributed by atoms with E-state index in [1.54, 1.807) is 12.1 Å². The topological polar surface area (TPSA) is 59.6 Å². The Hall–Kier alpha value is -2.12. The van der Waals surface area contributed by atoms with Gasteiger partial charge in [0, 0.05) is 4.47 Å². The summed E-state index contributed by atoms with van der Waals surface area (Å²) >= 11 is 8.65. The van der Waals surface area contributed by atoms with E-state index in [2.05, 4.69) is 26.6 Å². The second-order valence-electron chi connectivity index (χ2n) is 5.33. The van der Waals surface area contributed by atoms with Crippen molar-refractivity contribution in [2.45, 2.75) is 20.3 Å². The third-order valence-corrected chi connectivity index (χ3v) is 4.01. The summed E-state index contributed by atoms with van der Waals surface area (Å²) in [5.41, 5.74) is 1.10. The average molecular weight is 437 g/mol. The molecule has 0 saturated heterocycles. The highest BCUT2D eigenvalue weighted by Crippen LogP contribution is 2.25. The largest absolute Gasteiger partial charge is 0.493 e. The molecule has 26 heavy (non-hydrogen) atoms. The summed E-state index contributed by atoms with van der Waals surface area (Å²) in [6.45, 7) is 4.98. The van der Waals surface area contributed by atoms with E-state index in [-0.39, 0.29) is 11.0 Å². The minimum absolute atomic E-state index is 0.184. The Balaban J connectivity index is 2.10. The van der Waals surface area contributed by atoms with Crippen LogP contribution in [0.3, 0.4) is 0 Å². The number of benzene rings is 2. The number of thiocarbonyl (C=S) groups is 1. The molecule has 0 radical (unpaired) electrons. The van der Waals surface area contributed by atoms with Crippen LogP contribution in [-0.4, -0.2) is 24.2 Å². The third-order valence-electron chi connectivity index (χ3n) is 3.31. The first-order chi connectivity index (χ1) is 12.5. The maximum atomic E-state index is 12.6.